The zero-order valence-electron chi connectivity index (χ0n) is 14.5. The average molecular weight is 519 g/mol. The van der Waals surface area contributed by atoms with Gasteiger partial charge in [-0.3, -0.25) is 4.57 Å². The molecular formula is C9H14F2N3O14P3. The SMILES string of the molecule is Nc1ccn([C@@H]2O[C@H](C(F)(F)OP(=O)(O)OP(=O)(O)OP(=O)(O)O)[C@@H](O)[C@H]2O)c(=O)n1. The van der Waals surface area contributed by atoms with Crippen LogP contribution < -0.4 is 11.4 Å². The van der Waals surface area contributed by atoms with Crippen molar-refractivity contribution in [1.82, 2.24) is 9.55 Å². The predicted octanol–water partition coefficient (Wildman–Crippen LogP) is -1.62. The number of nitrogen functional groups attached to an aromatic ring is 1. The molecule has 17 nitrogen and oxygen atoms in total. The van der Waals surface area contributed by atoms with Gasteiger partial charge in [0.25, 0.3) is 0 Å². The first-order chi connectivity index (χ1) is 13.8. The van der Waals surface area contributed by atoms with E-state index in [1.165, 1.54) is 0 Å². The van der Waals surface area contributed by atoms with Gasteiger partial charge in [-0.1, -0.05) is 0 Å². The Bertz CT molecular complexity index is 1030. The molecule has 1 aliphatic rings. The molecule has 0 aliphatic carbocycles. The fourth-order valence-electron chi connectivity index (χ4n) is 2.29. The predicted molar refractivity (Wildman–Crippen MR) is 88.7 cm³/mol. The van der Waals surface area contributed by atoms with Gasteiger partial charge in [0.1, 0.15) is 18.0 Å². The molecule has 1 aromatic rings. The zero-order chi connectivity index (χ0) is 24.0. The van der Waals surface area contributed by atoms with E-state index in [0.29, 0.717) is 4.57 Å². The smallest absolute Gasteiger partial charge is 0.387 e. The highest BCUT2D eigenvalue weighted by molar-refractivity contribution is 7.66. The summed E-state index contributed by atoms with van der Waals surface area (Å²) < 4.78 is 76.9. The van der Waals surface area contributed by atoms with Crippen LogP contribution in [-0.4, -0.2) is 63.8 Å². The van der Waals surface area contributed by atoms with Gasteiger partial charge >= 0.3 is 35.3 Å². The van der Waals surface area contributed by atoms with Crippen LogP contribution >= 0.6 is 23.5 Å². The number of halogens is 2. The third-order valence-electron chi connectivity index (χ3n) is 3.35. The summed E-state index contributed by atoms with van der Waals surface area (Å²) >= 11 is 0. The Hall–Kier alpha value is -1.17. The minimum absolute atomic E-state index is 0.274. The van der Waals surface area contributed by atoms with Crippen LogP contribution in [0, 0.1) is 0 Å². The molecule has 2 unspecified atom stereocenters. The second kappa shape index (κ2) is 8.64. The molecule has 0 bridgehead atoms. The molecule has 1 saturated heterocycles. The number of aromatic nitrogens is 2. The van der Waals surface area contributed by atoms with Crippen LogP contribution in [0.25, 0.3) is 0 Å². The van der Waals surface area contributed by atoms with Gasteiger partial charge in [-0.05, 0) is 6.07 Å². The van der Waals surface area contributed by atoms with E-state index >= 15 is 0 Å². The van der Waals surface area contributed by atoms with Crippen molar-refractivity contribution in [3.05, 3.63) is 22.7 Å². The topological polar surface area (TPSA) is 270 Å². The minimum Gasteiger partial charge on any atom is -0.387 e. The Morgan fingerprint density at radius 2 is 1.68 bits per heavy atom. The molecule has 0 amide bonds. The Morgan fingerprint density at radius 3 is 2.19 bits per heavy atom. The lowest BCUT2D eigenvalue weighted by Gasteiger charge is -2.26. The van der Waals surface area contributed by atoms with E-state index in [1.54, 1.807) is 0 Å². The van der Waals surface area contributed by atoms with Crippen LogP contribution in [0.15, 0.2) is 17.1 Å². The second-order valence-electron chi connectivity index (χ2n) is 5.71. The fourth-order valence-corrected chi connectivity index (χ4v) is 5.34. The van der Waals surface area contributed by atoms with Gasteiger partial charge in [0, 0.05) is 6.20 Å². The number of phosphoric ester groups is 1. The fraction of sp³-hybridized carbons (Fsp3) is 0.556. The first-order valence-corrected chi connectivity index (χ1v) is 11.9. The van der Waals surface area contributed by atoms with Crippen LogP contribution in [0.4, 0.5) is 14.6 Å². The number of aliphatic hydroxyl groups is 2. The number of aliphatic hydroxyl groups excluding tert-OH is 2. The Balaban J connectivity index is 2.22. The Labute approximate surface area is 169 Å². The van der Waals surface area contributed by atoms with E-state index in [0.717, 1.165) is 12.3 Å². The van der Waals surface area contributed by atoms with Crippen LogP contribution in [-0.2, 0) is 31.6 Å². The lowest BCUT2D eigenvalue weighted by molar-refractivity contribution is -0.271. The summed E-state index contributed by atoms with van der Waals surface area (Å²) in [6.45, 7) is 0. The van der Waals surface area contributed by atoms with Crippen molar-refractivity contribution in [3.8, 4) is 0 Å². The number of phosphoric acid groups is 3. The van der Waals surface area contributed by atoms with Crippen molar-refractivity contribution in [1.29, 1.82) is 0 Å². The Kier molecular flexibility index (Phi) is 7.27. The van der Waals surface area contributed by atoms with E-state index in [4.69, 9.17) is 20.4 Å². The van der Waals surface area contributed by atoms with Crippen molar-refractivity contribution in [2.75, 3.05) is 5.73 Å². The summed E-state index contributed by atoms with van der Waals surface area (Å²) in [7, 11) is -18.2. The molecule has 2 heterocycles. The number of rotatable bonds is 8. The molecule has 0 radical (unpaired) electrons. The lowest BCUT2D eigenvalue weighted by atomic mass is 10.1. The second-order valence-corrected chi connectivity index (χ2v) is 10.1. The molecule has 1 aromatic heterocycles. The third kappa shape index (κ3) is 6.66. The van der Waals surface area contributed by atoms with E-state index in [9.17, 15) is 42.4 Å². The Morgan fingerprint density at radius 1 is 1.10 bits per heavy atom. The standard InChI is InChI=1S/C9H14F2N3O14P3/c10-9(11,26-30(21,22)28-31(23,24)27-29(18,19)20)6-4(15)5(16)7(25-6)14-2-1-3(12)13-8(14)17/h1-2,4-7,15-16H,(H,21,22)(H,23,24)(H2,12,13,17)(H2,18,19,20)/t4-,5+,6-,7+/m0/s1. The van der Waals surface area contributed by atoms with Gasteiger partial charge in [-0.25, -0.2) is 23.0 Å². The molecule has 178 valence electrons. The van der Waals surface area contributed by atoms with Crippen molar-refractivity contribution in [2.45, 2.75) is 30.6 Å². The highest BCUT2D eigenvalue weighted by atomic mass is 31.3. The molecule has 1 aliphatic heterocycles. The van der Waals surface area contributed by atoms with Gasteiger partial charge in [0.15, 0.2) is 12.3 Å². The average Bonchev–Trinajstić information content (AvgIpc) is 2.79. The summed E-state index contributed by atoms with van der Waals surface area (Å²) in [5, 5.41) is 19.7. The highest BCUT2D eigenvalue weighted by Crippen LogP contribution is 2.67. The maximum atomic E-state index is 14.3. The molecule has 0 spiro atoms. The summed E-state index contributed by atoms with van der Waals surface area (Å²) in [6, 6.07) is 1.02. The first-order valence-electron chi connectivity index (χ1n) is 7.42. The number of nitrogens with two attached hydrogens (primary N) is 1. The number of anilines is 1. The minimum atomic E-state index is -6.33. The summed E-state index contributed by atoms with van der Waals surface area (Å²) in [5.41, 5.74) is 4.06. The number of ether oxygens (including phenoxy) is 1. The van der Waals surface area contributed by atoms with E-state index in [-0.39, 0.29) is 5.82 Å². The number of alkyl halides is 2. The maximum absolute atomic E-state index is 14.3. The van der Waals surface area contributed by atoms with E-state index in [2.05, 4.69) is 22.9 Å². The molecule has 31 heavy (non-hydrogen) atoms. The molecule has 0 saturated carbocycles. The van der Waals surface area contributed by atoms with Crippen molar-refractivity contribution in [2.24, 2.45) is 0 Å². The summed E-state index contributed by atoms with van der Waals surface area (Å²) in [5.74, 6) is -0.274. The quantitative estimate of drug-likeness (QED) is 0.190. The van der Waals surface area contributed by atoms with Crippen molar-refractivity contribution >= 4 is 29.3 Å². The van der Waals surface area contributed by atoms with Gasteiger partial charge in [0.2, 0.25) is 0 Å². The zero-order valence-corrected chi connectivity index (χ0v) is 17.2. The molecule has 22 heteroatoms. The van der Waals surface area contributed by atoms with Crippen molar-refractivity contribution in [3.63, 3.8) is 0 Å². The molecule has 0 aromatic carbocycles. The van der Waals surface area contributed by atoms with E-state index < -0.39 is 59.8 Å². The molecule has 6 atom stereocenters. The number of nitrogens with zero attached hydrogens (tertiary/aromatic N) is 2. The summed E-state index contributed by atoms with van der Waals surface area (Å²) in [4.78, 5) is 50.0. The maximum Gasteiger partial charge on any atom is 0.490 e. The van der Waals surface area contributed by atoms with E-state index in [1.807, 2.05) is 0 Å². The number of hydrogen-bond donors (Lipinski definition) is 7. The normalized spacial score (nSPS) is 28.8. The largest absolute Gasteiger partial charge is 0.490 e. The lowest BCUT2D eigenvalue weighted by Crippen LogP contribution is -2.44. The van der Waals surface area contributed by atoms with Gasteiger partial charge in [-0.15, -0.1) is 0 Å². The van der Waals surface area contributed by atoms with Gasteiger partial charge in [0.05, 0.1) is 0 Å². The van der Waals surface area contributed by atoms with Crippen LogP contribution in [0.2, 0.25) is 0 Å². The van der Waals surface area contributed by atoms with Crippen LogP contribution in [0.5, 0.6) is 0 Å². The van der Waals surface area contributed by atoms with Crippen LogP contribution in [0.1, 0.15) is 6.23 Å². The third-order valence-corrected chi connectivity index (χ3v) is 7.15. The molecular weight excluding hydrogens is 505 g/mol. The molecule has 1 fully saturated rings. The first kappa shape index (κ1) is 26.1. The highest BCUT2D eigenvalue weighted by Gasteiger charge is 2.60. The van der Waals surface area contributed by atoms with Gasteiger partial charge in [-0.2, -0.15) is 22.4 Å². The molecule has 8 N–H and O–H groups in total. The van der Waals surface area contributed by atoms with Gasteiger partial charge < -0.3 is 40.3 Å². The van der Waals surface area contributed by atoms with Crippen LogP contribution in [0.3, 0.4) is 0 Å². The molecule has 2 rings (SSSR count). The monoisotopic (exact) mass is 519 g/mol. The van der Waals surface area contributed by atoms with Crippen molar-refractivity contribution < 1.29 is 70.1 Å². The number of hydrogen-bond acceptors (Lipinski definition) is 12. The summed E-state index contributed by atoms with van der Waals surface area (Å²) in [6.07, 6.45) is -13.9.